The topological polar surface area (TPSA) is 67.3 Å². The Morgan fingerprint density at radius 3 is 2.81 bits per heavy atom. The van der Waals surface area contributed by atoms with Gasteiger partial charge < -0.3 is 9.64 Å². The number of carbonyl (C=O) groups is 1. The van der Waals surface area contributed by atoms with Crippen LogP contribution in [0.4, 0.5) is 4.79 Å². The number of nitrogens with zero attached hydrogens (tertiary/aromatic N) is 2. The maximum Gasteiger partial charge on any atom is 0.410 e. The van der Waals surface area contributed by atoms with Gasteiger partial charge in [-0.15, -0.1) is 12.3 Å². The molecule has 21 heavy (non-hydrogen) atoms. The highest BCUT2D eigenvalue weighted by atomic mass is 16.6. The Bertz CT molecular complexity index is 628. The first-order chi connectivity index (χ1) is 9.81. The number of hydrogen-bond donors (Lipinski definition) is 1. The smallest absolute Gasteiger partial charge is 0.410 e. The third-order valence-electron chi connectivity index (χ3n) is 3.25. The number of H-pyrrole nitrogens is 1. The van der Waals surface area contributed by atoms with Crippen LogP contribution in [0.15, 0.2) is 4.79 Å². The normalized spacial score (nSPS) is 14.5. The van der Waals surface area contributed by atoms with Gasteiger partial charge in [-0.2, -0.15) is 0 Å². The van der Waals surface area contributed by atoms with Crippen molar-refractivity contribution in [1.29, 1.82) is 0 Å². The molecule has 0 atom stereocenters. The molecule has 1 aromatic rings. The van der Waals surface area contributed by atoms with Crippen LogP contribution in [-0.4, -0.2) is 32.9 Å². The largest absolute Gasteiger partial charge is 0.444 e. The fraction of sp³-hybridized carbons (Fsp3) is 0.600. The van der Waals surface area contributed by atoms with Gasteiger partial charge in [0.25, 0.3) is 5.56 Å². The van der Waals surface area contributed by atoms with Crippen molar-refractivity contribution in [1.82, 2.24) is 14.7 Å². The second-order valence-corrected chi connectivity index (χ2v) is 6.13. The highest BCUT2D eigenvalue weighted by molar-refractivity contribution is 5.68. The molecule has 2 heterocycles. The van der Waals surface area contributed by atoms with Crippen molar-refractivity contribution in [2.45, 2.75) is 52.3 Å². The molecule has 0 fully saturated rings. The Morgan fingerprint density at radius 1 is 1.48 bits per heavy atom. The van der Waals surface area contributed by atoms with Crippen LogP contribution < -0.4 is 5.56 Å². The maximum atomic E-state index is 12.3. The van der Waals surface area contributed by atoms with E-state index in [1.54, 1.807) is 4.90 Å². The zero-order valence-corrected chi connectivity index (χ0v) is 12.7. The number of ether oxygens (including phenoxy) is 1. The molecule has 0 saturated heterocycles. The van der Waals surface area contributed by atoms with Crippen LogP contribution >= 0.6 is 0 Å². The average molecular weight is 291 g/mol. The van der Waals surface area contributed by atoms with Crippen molar-refractivity contribution >= 4 is 6.09 Å². The van der Waals surface area contributed by atoms with Gasteiger partial charge in [-0.3, -0.25) is 14.6 Å². The summed E-state index contributed by atoms with van der Waals surface area (Å²) >= 11 is 0. The Morgan fingerprint density at radius 2 is 2.19 bits per heavy atom. The van der Waals surface area contributed by atoms with Crippen molar-refractivity contribution in [3.8, 4) is 12.3 Å². The number of aromatic amines is 1. The lowest BCUT2D eigenvalue weighted by Gasteiger charge is -2.29. The average Bonchev–Trinajstić information content (AvgIpc) is 2.71. The van der Waals surface area contributed by atoms with Crippen molar-refractivity contribution < 1.29 is 9.53 Å². The highest BCUT2D eigenvalue weighted by Crippen LogP contribution is 2.17. The summed E-state index contributed by atoms with van der Waals surface area (Å²) in [6.07, 6.45) is 5.95. The number of nitrogens with one attached hydrogen (secondary N) is 1. The Hall–Kier alpha value is -2.16. The molecule has 6 nitrogen and oxygen atoms in total. The number of amides is 1. The minimum atomic E-state index is -0.539. The molecular formula is C15H21N3O3. The molecule has 0 spiro atoms. The van der Waals surface area contributed by atoms with E-state index in [0.717, 1.165) is 5.69 Å². The first-order valence-corrected chi connectivity index (χ1v) is 7.04. The minimum absolute atomic E-state index is 0.103. The number of aromatic nitrogens is 2. The van der Waals surface area contributed by atoms with E-state index < -0.39 is 5.60 Å². The first kappa shape index (κ1) is 15.2. The van der Waals surface area contributed by atoms with E-state index in [-0.39, 0.29) is 18.2 Å². The van der Waals surface area contributed by atoms with E-state index in [2.05, 4.69) is 11.0 Å². The van der Waals surface area contributed by atoms with Gasteiger partial charge in [-0.25, -0.2) is 4.79 Å². The predicted octanol–water partition coefficient (Wildman–Crippen LogP) is 1.49. The molecule has 1 N–H and O–H groups in total. The van der Waals surface area contributed by atoms with Crippen LogP contribution in [0.5, 0.6) is 0 Å². The summed E-state index contributed by atoms with van der Waals surface area (Å²) in [6, 6.07) is 0. The second-order valence-electron chi connectivity index (χ2n) is 6.13. The van der Waals surface area contributed by atoms with Crippen molar-refractivity contribution in [2.75, 3.05) is 6.54 Å². The molecule has 1 amide bonds. The predicted molar refractivity (Wildman–Crippen MR) is 78.9 cm³/mol. The number of rotatable bonds is 2. The summed E-state index contributed by atoms with van der Waals surface area (Å²) in [5.74, 6) is 2.51. The molecule has 0 radical (unpaired) electrons. The van der Waals surface area contributed by atoms with Crippen LogP contribution in [0, 0.1) is 12.3 Å². The molecule has 0 unspecified atom stereocenters. The summed E-state index contributed by atoms with van der Waals surface area (Å²) in [5, 5.41) is 3.07. The molecule has 6 heteroatoms. The molecule has 0 saturated carbocycles. The number of aryl methyl sites for hydroxylation is 1. The van der Waals surface area contributed by atoms with E-state index in [4.69, 9.17) is 11.2 Å². The number of hydrogen-bond acceptors (Lipinski definition) is 3. The zero-order chi connectivity index (χ0) is 15.6. The fourth-order valence-electron chi connectivity index (χ4n) is 2.28. The number of carbonyl (C=O) groups excluding carboxylic acids is 1. The Balaban J connectivity index is 2.13. The number of terminal acetylenes is 1. The van der Waals surface area contributed by atoms with Crippen LogP contribution in [0.1, 0.15) is 38.4 Å². The van der Waals surface area contributed by atoms with Crippen LogP contribution in [0.25, 0.3) is 0 Å². The molecular weight excluding hydrogens is 270 g/mol. The molecule has 1 aromatic heterocycles. The van der Waals surface area contributed by atoms with E-state index in [9.17, 15) is 9.59 Å². The SMILES string of the molecule is C#CCCn1[nH]c2c(c1=O)CN(C(=O)OC(C)(C)C)CC2. The number of fused-ring (bicyclic) bond motifs is 1. The van der Waals surface area contributed by atoms with Crippen LogP contribution in [0.2, 0.25) is 0 Å². The van der Waals surface area contributed by atoms with Gasteiger partial charge in [0, 0.05) is 25.1 Å². The van der Waals surface area contributed by atoms with Gasteiger partial charge in [0.15, 0.2) is 0 Å². The summed E-state index contributed by atoms with van der Waals surface area (Å²) < 4.78 is 6.86. The summed E-state index contributed by atoms with van der Waals surface area (Å²) in [5.41, 5.74) is 0.872. The monoisotopic (exact) mass is 291 g/mol. The van der Waals surface area contributed by atoms with E-state index in [0.29, 0.717) is 31.5 Å². The first-order valence-electron chi connectivity index (χ1n) is 7.04. The molecule has 114 valence electrons. The lowest BCUT2D eigenvalue weighted by atomic mass is 10.1. The summed E-state index contributed by atoms with van der Waals surface area (Å²) in [6.45, 7) is 6.75. The summed E-state index contributed by atoms with van der Waals surface area (Å²) in [4.78, 5) is 25.9. The lowest BCUT2D eigenvalue weighted by molar-refractivity contribution is 0.0223. The summed E-state index contributed by atoms with van der Waals surface area (Å²) in [7, 11) is 0. The molecule has 1 aliphatic rings. The van der Waals surface area contributed by atoms with Crippen LogP contribution in [0.3, 0.4) is 0 Å². The Kier molecular flexibility index (Phi) is 4.12. The molecule has 0 aromatic carbocycles. The second kappa shape index (κ2) is 5.68. The molecule has 0 aliphatic carbocycles. The molecule has 2 rings (SSSR count). The minimum Gasteiger partial charge on any atom is -0.444 e. The van der Waals surface area contributed by atoms with E-state index in [1.807, 2.05) is 20.8 Å². The van der Waals surface area contributed by atoms with Crippen molar-refractivity contribution in [2.24, 2.45) is 0 Å². The van der Waals surface area contributed by atoms with E-state index >= 15 is 0 Å². The van der Waals surface area contributed by atoms with Gasteiger partial charge >= 0.3 is 6.09 Å². The molecule has 0 bridgehead atoms. The maximum absolute atomic E-state index is 12.3. The van der Waals surface area contributed by atoms with Gasteiger partial charge in [0.2, 0.25) is 0 Å². The highest BCUT2D eigenvalue weighted by Gasteiger charge is 2.28. The van der Waals surface area contributed by atoms with E-state index in [1.165, 1.54) is 4.68 Å². The van der Waals surface area contributed by atoms with Gasteiger partial charge in [-0.05, 0) is 20.8 Å². The van der Waals surface area contributed by atoms with Gasteiger partial charge in [0.05, 0.1) is 18.7 Å². The quantitative estimate of drug-likeness (QED) is 0.840. The lowest BCUT2D eigenvalue weighted by Crippen LogP contribution is -2.41. The third kappa shape index (κ3) is 3.48. The van der Waals surface area contributed by atoms with Crippen molar-refractivity contribution in [3.63, 3.8) is 0 Å². The van der Waals surface area contributed by atoms with Gasteiger partial charge in [0.1, 0.15) is 5.60 Å². The van der Waals surface area contributed by atoms with Gasteiger partial charge in [-0.1, -0.05) is 0 Å². The Labute approximate surface area is 124 Å². The zero-order valence-electron chi connectivity index (χ0n) is 12.7. The third-order valence-corrected chi connectivity index (χ3v) is 3.25. The van der Waals surface area contributed by atoms with Crippen LogP contribution in [-0.2, 0) is 24.2 Å². The fourth-order valence-corrected chi connectivity index (χ4v) is 2.28. The van der Waals surface area contributed by atoms with Crippen molar-refractivity contribution in [3.05, 3.63) is 21.6 Å². The molecule has 1 aliphatic heterocycles. The standard InChI is InChI=1S/C15H21N3O3/c1-5-6-8-18-13(19)11-10-17(9-7-12(11)16-18)14(20)21-15(2,3)4/h1,16H,6-10H2,2-4H3.